The second-order valence-electron chi connectivity index (χ2n) is 13.1. The molecule has 2 heterocycles. The molecule has 0 radical (unpaired) electrons. The Morgan fingerprint density at radius 3 is 2.43 bits per heavy atom. The second kappa shape index (κ2) is 9.15. The quantitative estimate of drug-likeness (QED) is 0.439. The maximum atomic E-state index is 4.69. The zero-order valence-corrected chi connectivity index (χ0v) is 23.0. The summed E-state index contributed by atoms with van der Waals surface area (Å²) in [6, 6.07) is 10.8. The Labute approximate surface area is 213 Å². The topological polar surface area (TPSA) is 37.0 Å². The van der Waals surface area contributed by atoms with Gasteiger partial charge in [-0.1, -0.05) is 71.9 Å². The van der Waals surface area contributed by atoms with Crippen LogP contribution in [0.3, 0.4) is 0 Å². The Balaban J connectivity index is 1.55. The zero-order valence-electron chi connectivity index (χ0n) is 23.0. The summed E-state index contributed by atoms with van der Waals surface area (Å²) in [4.78, 5) is 4.69. The van der Waals surface area contributed by atoms with E-state index >= 15 is 0 Å². The summed E-state index contributed by atoms with van der Waals surface area (Å²) in [5.74, 6) is 1.02. The van der Waals surface area contributed by atoms with Crippen molar-refractivity contribution in [2.75, 3.05) is 5.32 Å². The molecule has 4 rings (SSSR count). The van der Waals surface area contributed by atoms with E-state index in [9.17, 15) is 0 Å². The predicted octanol–water partition coefficient (Wildman–Crippen LogP) is 8.54. The normalized spacial score (nSPS) is 26.8. The molecule has 35 heavy (non-hydrogen) atoms. The average molecular weight is 472 g/mol. The summed E-state index contributed by atoms with van der Waals surface area (Å²) >= 11 is 0. The third-order valence-corrected chi connectivity index (χ3v) is 8.29. The number of benzene rings is 1. The van der Waals surface area contributed by atoms with Gasteiger partial charge in [0.15, 0.2) is 0 Å². The number of allylic oxidation sites excluding steroid dienone is 1. The molecule has 188 valence electrons. The standard InChI is InChI=1S/C32H45N3/c1-21-18-32(9,35-23(3)29(21)24-12-11-17-31(7,8)19-24)26-13-10-14-27(22(26)2)34-25-15-16-28(33-20-25)30(4,5)6/h10,13-16,20,24,29,34-35H,1,3,11-12,17-19H2,2,4-9H3. The average Bonchev–Trinajstić information content (AvgIpc) is 2.73. The number of anilines is 2. The molecule has 1 saturated carbocycles. The van der Waals surface area contributed by atoms with Gasteiger partial charge in [0.2, 0.25) is 0 Å². The van der Waals surface area contributed by atoms with Gasteiger partial charge < -0.3 is 10.6 Å². The van der Waals surface area contributed by atoms with Gasteiger partial charge in [-0.2, -0.15) is 0 Å². The summed E-state index contributed by atoms with van der Waals surface area (Å²) in [5, 5.41) is 7.48. The van der Waals surface area contributed by atoms with E-state index in [0.29, 0.717) is 17.3 Å². The molecular formula is C32H45N3. The summed E-state index contributed by atoms with van der Waals surface area (Å²) in [6.45, 7) is 25.1. The molecule has 2 N–H and O–H groups in total. The number of nitrogens with one attached hydrogen (secondary N) is 2. The van der Waals surface area contributed by atoms with Crippen molar-refractivity contribution in [1.82, 2.24) is 10.3 Å². The van der Waals surface area contributed by atoms with Crippen molar-refractivity contribution >= 4 is 11.4 Å². The number of nitrogens with zero attached hydrogens (tertiary/aromatic N) is 1. The largest absolute Gasteiger partial charge is 0.379 e. The fourth-order valence-corrected chi connectivity index (χ4v) is 6.54. The summed E-state index contributed by atoms with van der Waals surface area (Å²) in [6.07, 6.45) is 8.05. The summed E-state index contributed by atoms with van der Waals surface area (Å²) < 4.78 is 0. The highest BCUT2D eigenvalue weighted by atomic mass is 15.0. The van der Waals surface area contributed by atoms with Crippen molar-refractivity contribution in [1.29, 1.82) is 0 Å². The number of aromatic nitrogens is 1. The van der Waals surface area contributed by atoms with Gasteiger partial charge in [-0.3, -0.25) is 4.98 Å². The Kier molecular flexibility index (Phi) is 6.68. The summed E-state index contributed by atoms with van der Waals surface area (Å²) in [7, 11) is 0. The van der Waals surface area contributed by atoms with E-state index in [-0.39, 0.29) is 11.0 Å². The van der Waals surface area contributed by atoms with Gasteiger partial charge >= 0.3 is 0 Å². The van der Waals surface area contributed by atoms with E-state index in [1.807, 2.05) is 6.20 Å². The highest BCUT2D eigenvalue weighted by Gasteiger charge is 2.42. The van der Waals surface area contributed by atoms with Gasteiger partial charge in [0.1, 0.15) is 0 Å². The molecule has 2 aliphatic rings. The first kappa shape index (κ1) is 25.5. The van der Waals surface area contributed by atoms with Crippen molar-refractivity contribution < 1.29 is 0 Å². The smallest absolute Gasteiger partial charge is 0.0634 e. The molecule has 1 saturated heterocycles. The molecule has 1 aliphatic carbocycles. The van der Waals surface area contributed by atoms with Crippen LogP contribution in [0.2, 0.25) is 0 Å². The van der Waals surface area contributed by atoms with E-state index in [2.05, 4.69) is 108 Å². The molecule has 3 atom stereocenters. The zero-order chi connectivity index (χ0) is 25.6. The lowest BCUT2D eigenvalue weighted by atomic mass is 9.63. The molecule has 2 aromatic rings. The lowest BCUT2D eigenvalue weighted by Gasteiger charge is -2.48. The third kappa shape index (κ3) is 5.34. The van der Waals surface area contributed by atoms with Crippen LogP contribution < -0.4 is 10.6 Å². The molecular weight excluding hydrogens is 426 g/mol. The third-order valence-electron chi connectivity index (χ3n) is 8.29. The van der Waals surface area contributed by atoms with Crippen LogP contribution in [0, 0.1) is 24.2 Å². The molecule has 0 spiro atoms. The minimum atomic E-state index is -0.217. The highest BCUT2D eigenvalue weighted by Crippen LogP contribution is 2.49. The van der Waals surface area contributed by atoms with Crippen LogP contribution in [-0.4, -0.2) is 4.98 Å². The molecule has 3 nitrogen and oxygen atoms in total. The van der Waals surface area contributed by atoms with Crippen molar-refractivity contribution in [3.8, 4) is 0 Å². The monoisotopic (exact) mass is 471 g/mol. The van der Waals surface area contributed by atoms with Gasteiger partial charge in [0, 0.05) is 28.4 Å². The minimum Gasteiger partial charge on any atom is -0.379 e. The lowest BCUT2D eigenvalue weighted by molar-refractivity contribution is 0.142. The van der Waals surface area contributed by atoms with Crippen LogP contribution >= 0.6 is 0 Å². The second-order valence-corrected chi connectivity index (χ2v) is 13.1. The fraction of sp³-hybridized carbons (Fsp3) is 0.531. The number of rotatable bonds is 4. The molecule has 1 aromatic heterocycles. The van der Waals surface area contributed by atoms with Crippen LogP contribution in [0.1, 0.15) is 90.5 Å². The molecule has 2 fully saturated rings. The maximum Gasteiger partial charge on any atom is 0.0634 e. The molecule has 1 aromatic carbocycles. The SMILES string of the molecule is C=C1CC(C)(c2cccc(Nc3ccc(C(C)(C)C)nc3)c2C)NC(=C)C1C1CCCC(C)(C)C1. The lowest BCUT2D eigenvalue weighted by Crippen LogP contribution is -2.48. The highest BCUT2D eigenvalue weighted by molar-refractivity contribution is 5.65. The van der Waals surface area contributed by atoms with Gasteiger partial charge in [-0.25, -0.2) is 0 Å². The minimum absolute atomic E-state index is 0.0473. The molecule has 0 amide bonds. The Hall–Kier alpha value is -2.55. The van der Waals surface area contributed by atoms with E-state index in [1.54, 1.807) is 0 Å². The van der Waals surface area contributed by atoms with E-state index < -0.39 is 0 Å². The molecule has 3 heteroatoms. The first-order chi connectivity index (χ1) is 16.3. The van der Waals surface area contributed by atoms with Gasteiger partial charge in [-0.15, -0.1) is 0 Å². The van der Waals surface area contributed by atoms with Crippen LogP contribution in [0.15, 0.2) is 61.0 Å². The van der Waals surface area contributed by atoms with Crippen molar-refractivity contribution in [2.24, 2.45) is 17.3 Å². The molecule has 3 unspecified atom stereocenters. The van der Waals surface area contributed by atoms with Gasteiger partial charge in [0.25, 0.3) is 0 Å². The first-order valence-corrected chi connectivity index (χ1v) is 13.3. The number of hydrogen-bond acceptors (Lipinski definition) is 3. The van der Waals surface area contributed by atoms with E-state index in [0.717, 1.165) is 29.2 Å². The fourth-order valence-electron chi connectivity index (χ4n) is 6.54. The summed E-state index contributed by atoms with van der Waals surface area (Å²) in [5.41, 5.74) is 8.49. The molecule has 0 bridgehead atoms. The van der Waals surface area contributed by atoms with Crippen molar-refractivity contribution in [3.63, 3.8) is 0 Å². The van der Waals surface area contributed by atoms with Gasteiger partial charge in [0.05, 0.1) is 17.4 Å². The number of piperidine rings is 1. The van der Waals surface area contributed by atoms with Crippen molar-refractivity contribution in [2.45, 2.75) is 91.5 Å². The number of pyridine rings is 1. The van der Waals surface area contributed by atoms with Crippen LogP contribution in [0.25, 0.3) is 0 Å². The maximum absolute atomic E-state index is 4.69. The molecule has 1 aliphatic heterocycles. The van der Waals surface area contributed by atoms with Gasteiger partial charge in [-0.05, 0) is 80.2 Å². The van der Waals surface area contributed by atoms with Crippen LogP contribution in [-0.2, 0) is 11.0 Å². The van der Waals surface area contributed by atoms with E-state index in [4.69, 9.17) is 0 Å². The Morgan fingerprint density at radius 2 is 1.83 bits per heavy atom. The van der Waals surface area contributed by atoms with Crippen LogP contribution in [0.5, 0.6) is 0 Å². The van der Waals surface area contributed by atoms with Crippen LogP contribution in [0.4, 0.5) is 11.4 Å². The van der Waals surface area contributed by atoms with E-state index in [1.165, 1.54) is 42.4 Å². The Morgan fingerprint density at radius 1 is 1.09 bits per heavy atom. The van der Waals surface area contributed by atoms with Crippen molar-refractivity contribution in [3.05, 3.63) is 77.8 Å². The predicted molar refractivity (Wildman–Crippen MR) is 150 cm³/mol. The number of hydrogen-bond donors (Lipinski definition) is 2. The Bertz CT molecular complexity index is 1080. The first-order valence-electron chi connectivity index (χ1n) is 13.3.